The van der Waals surface area contributed by atoms with E-state index in [9.17, 15) is 14.7 Å². The maximum Gasteiger partial charge on any atom is 1.00 e. The van der Waals surface area contributed by atoms with Gasteiger partial charge in [-0.3, -0.25) is 9.69 Å². The van der Waals surface area contributed by atoms with Gasteiger partial charge in [0.2, 0.25) is 0 Å². The maximum atomic E-state index is 13.7. The fraction of sp³-hybridized carbons (Fsp3) is 0.160. The zero-order valence-electron chi connectivity index (χ0n) is 20.3. The third-order valence-corrected chi connectivity index (χ3v) is 7.70. The molecule has 0 fully saturated rings. The van der Waals surface area contributed by atoms with Crippen LogP contribution in [0.1, 0.15) is 52.3 Å². The first-order valence-corrected chi connectivity index (χ1v) is 12.9. The Kier molecular flexibility index (Phi) is 9.57. The Balaban J connectivity index is 0.00000228. The predicted molar refractivity (Wildman–Crippen MR) is 141 cm³/mol. The molecule has 0 spiro atoms. The molecule has 5 nitrogen and oxygen atoms in total. The standard InChI is InChI=1S/C25H20Cl2N2O3S2.Na.H/c1-14(2)15-5-7-16(8-6-15)22-13-34-25(28-22)29(12-17-4-3-9-33-17)23(30)18-10-20(26)21(27)11-19(18)24(31)32;;/h3-11,13-14H,12H2,1-2H3,(H,31,32);;/q;+1;-1. The van der Waals surface area contributed by atoms with Crippen LogP contribution in [-0.2, 0) is 6.54 Å². The van der Waals surface area contributed by atoms with Crippen molar-refractivity contribution >= 4 is 62.9 Å². The largest absolute Gasteiger partial charge is 1.00 e. The molecule has 2 heterocycles. The second kappa shape index (κ2) is 12.0. The van der Waals surface area contributed by atoms with Gasteiger partial charge >= 0.3 is 35.5 Å². The summed E-state index contributed by atoms with van der Waals surface area (Å²) in [5, 5.41) is 14.1. The molecule has 0 aliphatic rings. The molecule has 1 N–H and O–H groups in total. The quantitative estimate of drug-likeness (QED) is 0.327. The third-order valence-electron chi connectivity index (χ3n) is 5.26. The molecule has 0 bridgehead atoms. The first-order chi connectivity index (χ1) is 16.2. The molecule has 0 radical (unpaired) electrons. The molecule has 0 aliphatic carbocycles. The van der Waals surface area contributed by atoms with Crippen LogP contribution in [0.5, 0.6) is 0 Å². The maximum absolute atomic E-state index is 13.7. The normalized spacial score (nSPS) is 10.8. The van der Waals surface area contributed by atoms with E-state index in [1.165, 1.54) is 45.3 Å². The summed E-state index contributed by atoms with van der Waals surface area (Å²) in [6, 6.07) is 14.5. The van der Waals surface area contributed by atoms with E-state index in [0.29, 0.717) is 11.0 Å². The number of carbonyl (C=O) groups is 2. The number of anilines is 1. The third kappa shape index (κ3) is 6.35. The van der Waals surface area contributed by atoms with Crippen molar-refractivity contribution in [1.29, 1.82) is 0 Å². The summed E-state index contributed by atoms with van der Waals surface area (Å²) in [5.41, 5.74) is 2.66. The first kappa shape index (κ1) is 27.9. The van der Waals surface area contributed by atoms with E-state index in [1.807, 2.05) is 35.0 Å². The Morgan fingerprint density at radius 1 is 1.06 bits per heavy atom. The number of thiazole rings is 1. The van der Waals surface area contributed by atoms with E-state index in [4.69, 9.17) is 28.2 Å². The Morgan fingerprint density at radius 3 is 2.29 bits per heavy atom. The molecule has 0 unspecified atom stereocenters. The van der Waals surface area contributed by atoms with Crippen LogP contribution < -0.4 is 34.5 Å². The summed E-state index contributed by atoms with van der Waals surface area (Å²) in [6.07, 6.45) is 0. The van der Waals surface area contributed by atoms with E-state index in [0.717, 1.165) is 16.1 Å². The summed E-state index contributed by atoms with van der Waals surface area (Å²) in [5.74, 6) is -1.35. The summed E-state index contributed by atoms with van der Waals surface area (Å²) in [6.45, 7) is 4.52. The molecule has 1 amide bonds. The Labute approximate surface area is 245 Å². The fourth-order valence-corrected chi connectivity index (χ4v) is 5.24. The molecular formula is C25H21Cl2N2NaO3S2. The molecule has 0 atom stereocenters. The number of rotatable bonds is 7. The molecule has 0 saturated heterocycles. The zero-order chi connectivity index (χ0) is 24.4. The van der Waals surface area contributed by atoms with Crippen molar-refractivity contribution in [1.82, 2.24) is 4.98 Å². The number of carboxylic acid groups (broad SMARTS) is 1. The fourth-order valence-electron chi connectivity index (χ4n) is 3.39. The number of hydrogen-bond acceptors (Lipinski definition) is 5. The summed E-state index contributed by atoms with van der Waals surface area (Å²) >= 11 is 15.0. The van der Waals surface area contributed by atoms with Gasteiger partial charge in [-0.1, -0.05) is 67.4 Å². The van der Waals surface area contributed by atoms with Crippen molar-refractivity contribution in [2.75, 3.05) is 4.90 Å². The van der Waals surface area contributed by atoms with Crippen molar-refractivity contribution < 1.29 is 45.7 Å². The molecule has 10 heteroatoms. The van der Waals surface area contributed by atoms with Gasteiger partial charge in [0.25, 0.3) is 5.91 Å². The summed E-state index contributed by atoms with van der Waals surface area (Å²) < 4.78 is 0. The molecule has 2 aromatic heterocycles. The number of thiophene rings is 1. The Hall–Kier alpha value is -1.71. The van der Waals surface area contributed by atoms with Crippen molar-refractivity contribution in [2.45, 2.75) is 26.3 Å². The van der Waals surface area contributed by atoms with Gasteiger partial charge in [0.15, 0.2) is 5.13 Å². The number of hydrogen-bond donors (Lipinski definition) is 1. The summed E-state index contributed by atoms with van der Waals surface area (Å²) in [7, 11) is 0. The van der Waals surface area contributed by atoms with Crippen LogP contribution in [0.4, 0.5) is 5.13 Å². The molecule has 0 saturated carbocycles. The molecule has 4 rings (SSSR count). The van der Waals surface area contributed by atoms with Crippen LogP contribution in [-0.4, -0.2) is 22.0 Å². The number of aromatic carboxylic acids is 1. The average Bonchev–Trinajstić information content (AvgIpc) is 3.51. The van der Waals surface area contributed by atoms with Crippen LogP contribution in [0.3, 0.4) is 0 Å². The van der Waals surface area contributed by atoms with E-state index in [-0.39, 0.29) is 58.7 Å². The van der Waals surface area contributed by atoms with Gasteiger partial charge in [-0.25, -0.2) is 9.78 Å². The van der Waals surface area contributed by atoms with Gasteiger partial charge in [0.05, 0.1) is 33.4 Å². The molecule has 176 valence electrons. The number of aromatic nitrogens is 1. The number of halogens is 2. The smallest absolute Gasteiger partial charge is 1.00 e. The first-order valence-electron chi connectivity index (χ1n) is 10.4. The van der Waals surface area contributed by atoms with Gasteiger partial charge in [-0.05, 0) is 35.1 Å². The average molecular weight is 555 g/mol. The number of carboxylic acids is 1. The molecule has 2 aromatic carbocycles. The number of nitrogens with zero attached hydrogens (tertiary/aromatic N) is 2. The van der Waals surface area contributed by atoms with Crippen LogP contribution in [0.2, 0.25) is 10.0 Å². The Morgan fingerprint density at radius 2 is 1.71 bits per heavy atom. The molecule has 4 aromatic rings. The van der Waals surface area contributed by atoms with Crippen molar-refractivity contribution in [3.63, 3.8) is 0 Å². The Bertz CT molecular complexity index is 1350. The zero-order valence-corrected chi connectivity index (χ0v) is 24.4. The molecule has 0 aliphatic heterocycles. The minimum atomic E-state index is -1.26. The molecular weight excluding hydrogens is 534 g/mol. The molecule has 35 heavy (non-hydrogen) atoms. The van der Waals surface area contributed by atoms with Crippen LogP contribution >= 0.6 is 45.9 Å². The van der Waals surface area contributed by atoms with Crippen molar-refractivity contribution in [3.8, 4) is 11.3 Å². The summed E-state index contributed by atoms with van der Waals surface area (Å²) in [4.78, 5) is 32.6. The van der Waals surface area contributed by atoms with Crippen molar-refractivity contribution in [3.05, 3.63) is 90.9 Å². The number of amides is 1. The number of benzene rings is 2. The minimum absolute atomic E-state index is 0. The predicted octanol–water partition coefficient (Wildman–Crippen LogP) is 4.96. The van der Waals surface area contributed by atoms with Gasteiger partial charge in [0.1, 0.15) is 0 Å². The second-order valence-electron chi connectivity index (χ2n) is 7.88. The monoisotopic (exact) mass is 554 g/mol. The van der Waals surface area contributed by atoms with E-state index in [1.54, 1.807) is 0 Å². The van der Waals surface area contributed by atoms with E-state index in [2.05, 4.69) is 26.0 Å². The SMILES string of the molecule is CC(C)c1ccc(-c2csc(N(Cc3cccs3)C(=O)c3cc(Cl)c(Cl)cc3C(=O)O)n2)cc1.[H-].[Na+]. The van der Waals surface area contributed by atoms with E-state index >= 15 is 0 Å². The van der Waals surface area contributed by atoms with Crippen LogP contribution in [0.25, 0.3) is 11.3 Å². The second-order valence-corrected chi connectivity index (χ2v) is 10.6. The minimum Gasteiger partial charge on any atom is -1.00 e. The van der Waals surface area contributed by atoms with Crippen molar-refractivity contribution in [2.24, 2.45) is 0 Å². The number of carbonyl (C=O) groups excluding carboxylic acids is 1. The van der Waals surface area contributed by atoms with Crippen LogP contribution in [0.15, 0.2) is 59.3 Å². The topological polar surface area (TPSA) is 70.5 Å². The van der Waals surface area contributed by atoms with Crippen LogP contribution in [0, 0.1) is 0 Å². The van der Waals surface area contributed by atoms with Gasteiger partial charge in [0, 0.05) is 15.8 Å². The van der Waals surface area contributed by atoms with Gasteiger partial charge in [-0.2, -0.15) is 0 Å². The van der Waals surface area contributed by atoms with Gasteiger partial charge in [-0.15, -0.1) is 22.7 Å². The van der Waals surface area contributed by atoms with E-state index < -0.39 is 11.9 Å². The van der Waals surface area contributed by atoms with Gasteiger partial charge < -0.3 is 6.53 Å².